The summed E-state index contributed by atoms with van der Waals surface area (Å²) in [5.74, 6) is 0.0129. The molecule has 2 aromatic rings. The third-order valence-electron chi connectivity index (χ3n) is 4.50. The van der Waals surface area contributed by atoms with Gasteiger partial charge in [0.15, 0.2) is 9.84 Å². The van der Waals surface area contributed by atoms with Gasteiger partial charge < -0.3 is 10.2 Å². The molecule has 0 aliphatic carbocycles. The molecule has 5 nitrogen and oxygen atoms in total. The Morgan fingerprint density at radius 1 is 1.23 bits per heavy atom. The van der Waals surface area contributed by atoms with E-state index in [0.717, 1.165) is 21.4 Å². The molecule has 0 bridgehead atoms. The lowest BCUT2D eigenvalue weighted by atomic mass is 10.1. The monoisotopic (exact) mass is 436 g/mol. The molecule has 3 rings (SSSR count). The van der Waals surface area contributed by atoms with Gasteiger partial charge in [0.25, 0.3) is 0 Å². The Bertz CT molecular complexity index is 900. The lowest BCUT2D eigenvalue weighted by molar-refractivity contribution is -0.117. The molecular weight excluding hydrogens is 416 g/mol. The number of hydrogen-bond donors (Lipinski definition) is 1. The maximum Gasteiger partial charge on any atom is 0.246 e. The molecule has 26 heavy (non-hydrogen) atoms. The summed E-state index contributed by atoms with van der Waals surface area (Å²) in [7, 11) is -3.08. The van der Waals surface area contributed by atoms with Gasteiger partial charge in [-0.25, -0.2) is 8.42 Å². The van der Waals surface area contributed by atoms with Crippen molar-refractivity contribution in [1.29, 1.82) is 0 Å². The number of carbonyl (C=O) groups is 1. The Kier molecular flexibility index (Phi) is 5.67. The molecule has 138 valence electrons. The van der Waals surface area contributed by atoms with Crippen molar-refractivity contribution in [2.45, 2.75) is 19.4 Å². The maximum absolute atomic E-state index is 13.0. The number of benzene rings is 2. The summed E-state index contributed by atoms with van der Waals surface area (Å²) >= 11 is 3.43. The number of hydrogen-bond acceptors (Lipinski definition) is 4. The molecule has 7 heteroatoms. The SMILES string of the molecule is Cc1cc(Br)ccc1NCC(=O)N(c1ccccc1)C1CCS(=O)(=O)C1. The molecule has 1 atom stereocenters. The summed E-state index contributed by atoms with van der Waals surface area (Å²) in [4.78, 5) is 14.6. The van der Waals surface area contributed by atoms with Crippen molar-refractivity contribution in [2.24, 2.45) is 0 Å². The van der Waals surface area contributed by atoms with E-state index < -0.39 is 9.84 Å². The Hall–Kier alpha value is -1.86. The molecular formula is C19H21BrN2O3S. The van der Waals surface area contributed by atoms with Gasteiger partial charge in [0.2, 0.25) is 5.91 Å². The molecule has 0 saturated carbocycles. The standard InChI is InChI=1S/C19H21BrN2O3S/c1-14-11-15(20)7-8-18(14)21-12-19(23)22(16-5-3-2-4-6-16)17-9-10-26(24,25)13-17/h2-8,11,17,21H,9-10,12-13H2,1H3. The Balaban J connectivity index is 1.79. The van der Waals surface area contributed by atoms with Crippen molar-refractivity contribution in [1.82, 2.24) is 0 Å². The van der Waals surface area contributed by atoms with Gasteiger partial charge in [0.05, 0.1) is 24.1 Å². The Morgan fingerprint density at radius 2 is 1.96 bits per heavy atom. The van der Waals surface area contributed by atoms with E-state index in [2.05, 4.69) is 21.2 Å². The van der Waals surface area contributed by atoms with Crippen LogP contribution >= 0.6 is 15.9 Å². The van der Waals surface area contributed by atoms with Crippen LogP contribution in [0.3, 0.4) is 0 Å². The van der Waals surface area contributed by atoms with E-state index in [1.54, 1.807) is 4.90 Å². The minimum atomic E-state index is -3.08. The number of halogens is 1. The van der Waals surface area contributed by atoms with Crippen molar-refractivity contribution in [3.05, 3.63) is 58.6 Å². The summed E-state index contributed by atoms with van der Waals surface area (Å²) in [6.45, 7) is 2.07. The predicted octanol–water partition coefficient (Wildman–Crippen LogP) is 3.39. The average molecular weight is 437 g/mol. The van der Waals surface area contributed by atoms with Crippen molar-refractivity contribution in [3.63, 3.8) is 0 Å². The lowest BCUT2D eigenvalue weighted by Gasteiger charge is -2.29. The van der Waals surface area contributed by atoms with Crippen molar-refractivity contribution >= 4 is 43.0 Å². The number of rotatable bonds is 5. The van der Waals surface area contributed by atoms with E-state index in [1.807, 2.05) is 55.5 Å². The highest BCUT2D eigenvalue weighted by molar-refractivity contribution is 9.10. The molecule has 1 fully saturated rings. The van der Waals surface area contributed by atoms with Crippen molar-refractivity contribution in [3.8, 4) is 0 Å². The molecule has 0 spiro atoms. The highest BCUT2D eigenvalue weighted by Crippen LogP contribution is 2.25. The summed E-state index contributed by atoms with van der Waals surface area (Å²) in [5.41, 5.74) is 2.64. The number of aryl methyl sites for hydroxylation is 1. The molecule has 1 saturated heterocycles. The number of anilines is 2. The van der Waals surface area contributed by atoms with E-state index >= 15 is 0 Å². The fraction of sp³-hybridized carbons (Fsp3) is 0.316. The second kappa shape index (κ2) is 7.80. The van der Waals surface area contributed by atoms with Gasteiger partial charge >= 0.3 is 0 Å². The maximum atomic E-state index is 13.0. The van der Waals surface area contributed by atoms with Gasteiger partial charge in [-0.1, -0.05) is 34.1 Å². The highest BCUT2D eigenvalue weighted by Gasteiger charge is 2.35. The fourth-order valence-electron chi connectivity index (χ4n) is 3.21. The van der Waals surface area contributed by atoms with E-state index in [-0.39, 0.29) is 30.0 Å². The molecule has 1 unspecified atom stereocenters. The molecule has 0 radical (unpaired) electrons. The zero-order chi connectivity index (χ0) is 18.7. The lowest BCUT2D eigenvalue weighted by Crippen LogP contribution is -2.44. The van der Waals surface area contributed by atoms with Crippen LogP contribution in [0.1, 0.15) is 12.0 Å². The van der Waals surface area contributed by atoms with Crippen LogP contribution in [-0.2, 0) is 14.6 Å². The first-order valence-electron chi connectivity index (χ1n) is 8.43. The van der Waals surface area contributed by atoms with Crippen LogP contribution in [0.4, 0.5) is 11.4 Å². The molecule has 1 aliphatic heterocycles. The van der Waals surface area contributed by atoms with E-state index in [1.165, 1.54) is 0 Å². The summed E-state index contributed by atoms with van der Waals surface area (Å²) < 4.78 is 24.8. The number of para-hydroxylation sites is 1. The van der Waals surface area contributed by atoms with Crippen LogP contribution in [-0.4, -0.2) is 38.4 Å². The van der Waals surface area contributed by atoms with E-state index in [0.29, 0.717) is 6.42 Å². The van der Waals surface area contributed by atoms with Gasteiger partial charge in [-0.05, 0) is 49.2 Å². The van der Waals surface area contributed by atoms with Crippen LogP contribution in [0.15, 0.2) is 53.0 Å². The molecule has 1 N–H and O–H groups in total. The van der Waals surface area contributed by atoms with Gasteiger partial charge in [-0.15, -0.1) is 0 Å². The highest BCUT2D eigenvalue weighted by atomic mass is 79.9. The van der Waals surface area contributed by atoms with Crippen LogP contribution in [0.2, 0.25) is 0 Å². The number of nitrogens with one attached hydrogen (secondary N) is 1. The third kappa shape index (κ3) is 4.45. The van der Waals surface area contributed by atoms with Crippen LogP contribution in [0, 0.1) is 6.92 Å². The van der Waals surface area contributed by atoms with Crippen molar-refractivity contribution in [2.75, 3.05) is 28.3 Å². The molecule has 2 aromatic carbocycles. The normalized spacial score (nSPS) is 18.5. The zero-order valence-corrected chi connectivity index (χ0v) is 16.9. The number of carbonyl (C=O) groups excluding carboxylic acids is 1. The molecule has 0 aromatic heterocycles. The number of sulfone groups is 1. The second-order valence-electron chi connectivity index (χ2n) is 6.47. The Labute approximate surface area is 162 Å². The Morgan fingerprint density at radius 3 is 2.58 bits per heavy atom. The first-order valence-corrected chi connectivity index (χ1v) is 11.0. The minimum absolute atomic E-state index is 0.0188. The van der Waals surface area contributed by atoms with Crippen molar-refractivity contribution < 1.29 is 13.2 Å². The summed E-state index contributed by atoms with van der Waals surface area (Å²) in [6.07, 6.45) is 0.472. The van der Waals surface area contributed by atoms with Gasteiger partial charge in [-0.3, -0.25) is 4.79 Å². The van der Waals surface area contributed by atoms with Crippen LogP contribution < -0.4 is 10.2 Å². The molecule has 1 amide bonds. The first-order chi connectivity index (χ1) is 12.4. The van der Waals surface area contributed by atoms with E-state index in [4.69, 9.17) is 0 Å². The largest absolute Gasteiger partial charge is 0.376 e. The van der Waals surface area contributed by atoms with Crippen LogP contribution in [0.5, 0.6) is 0 Å². The topological polar surface area (TPSA) is 66.5 Å². The minimum Gasteiger partial charge on any atom is -0.376 e. The molecule has 1 heterocycles. The quantitative estimate of drug-likeness (QED) is 0.779. The first kappa shape index (κ1) is 18.9. The second-order valence-corrected chi connectivity index (χ2v) is 9.61. The van der Waals surface area contributed by atoms with E-state index in [9.17, 15) is 13.2 Å². The number of nitrogens with zero attached hydrogens (tertiary/aromatic N) is 1. The summed E-state index contributed by atoms with van der Waals surface area (Å²) in [5, 5.41) is 3.17. The smallest absolute Gasteiger partial charge is 0.246 e. The molecule has 1 aliphatic rings. The van der Waals surface area contributed by atoms with Gasteiger partial charge in [-0.2, -0.15) is 0 Å². The predicted molar refractivity (Wildman–Crippen MR) is 108 cm³/mol. The number of amides is 1. The average Bonchev–Trinajstić information content (AvgIpc) is 2.95. The van der Waals surface area contributed by atoms with Gasteiger partial charge in [0, 0.05) is 15.8 Å². The zero-order valence-electron chi connectivity index (χ0n) is 14.5. The van der Waals surface area contributed by atoms with Gasteiger partial charge in [0.1, 0.15) is 0 Å². The third-order valence-corrected chi connectivity index (χ3v) is 6.74. The fourth-order valence-corrected chi connectivity index (χ4v) is 5.38. The van der Waals surface area contributed by atoms with Crippen LogP contribution in [0.25, 0.3) is 0 Å². The summed E-state index contributed by atoms with van der Waals surface area (Å²) in [6, 6.07) is 14.8.